The van der Waals surface area contributed by atoms with E-state index in [1.165, 1.54) is 12.1 Å². The highest BCUT2D eigenvalue weighted by molar-refractivity contribution is 5.75. The molecule has 0 saturated carbocycles. The summed E-state index contributed by atoms with van der Waals surface area (Å²) in [7, 11) is 0. The van der Waals surface area contributed by atoms with Crippen LogP contribution in [-0.2, 0) is 19.2 Å². The Morgan fingerprint density at radius 2 is 1.85 bits per heavy atom. The number of fused-ring (bicyclic) bond motifs is 1. The van der Waals surface area contributed by atoms with Gasteiger partial charge in [0.2, 0.25) is 0 Å². The maximum Gasteiger partial charge on any atom is 0.416 e. The first kappa shape index (κ1) is 18.8. The number of imidazole rings is 1. The van der Waals surface area contributed by atoms with Gasteiger partial charge in [-0.3, -0.25) is 0 Å². The van der Waals surface area contributed by atoms with E-state index < -0.39 is 11.7 Å². The monoisotopic (exact) mass is 372 g/mol. The molecule has 0 aliphatic rings. The van der Waals surface area contributed by atoms with Gasteiger partial charge in [0, 0.05) is 0 Å². The first-order chi connectivity index (χ1) is 13.0. The van der Waals surface area contributed by atoms with Crippen LogP contribution in [0.15, 0.2) is 66.8 Å². The van der Waals surface area contributed by atoms with Gasteiger partial charge in [-0.15, -0.1) is 0 Å². The van der Waals surface area contributed by atoms with Crippen molar-refractivity contribution < 1.29 is 17.9 Å². The summed E-state index contributed by atoms with van der Waals surface area (Å²) in [5.74, 6) is 0.977. The van der Waals surface area contributed by atoms with Crippen LogP contribution in [0.2, 0.25) is 0 Å². The summed E-state index contributed by atoms with van der Waals surface area (Å²) in [6.07, 6.45) is 4.49. The molecule has 1 aromatic heterocycles. The van der Waals surface area contributed by atoms with Crippen LogP contribution < -0.4 is 4.74 Å². The number of nitrogens with zero attached hydrogens (tertiary/aromatic N) is 1. The molecule has 0 aliphatic carbocycles. The van der Waals surface area contributed by atoms with Crippen molar-refractivity contribution in [3.05, 3.63) is 83.7 Å². The van der Waals surface area contributed by atoms with Crippen molar-refractivity contribution in [3.8, 4) is 5.75 Å². The standard InChI is InChI=1S/C21H19F3N2O/c1-2-3-4-5-6-15-7-12-18-19(13-15)26-20(25-18)14-27-17-10-8-16(9-11-17)21(22,23)24/h2-5,7-13H,6,14H2,1H3,(H,25,26)/b3-2-,5-4-. The molecule has 0 atom stereocenters. The molecule has 1 heterocycles. The van der Waals surface area contributed by atoms with Gasteiger partial charge in [0.1, 0.15) is 18.2 Å². The minimum absolute atomic E-state index is 0.149. The normalized spacial score (nSPS) is 12.4. The molecule has 0 spiro atoms. The molecule has 0 bridgehead atoms. The average Bonchev–Trinajstić information content (AvgIpc) is 3.05. The number of ether oxygens (including phenoxy) is 1. The van der Waals surface area contributed by atoms with E-state index in [2.05, 4.69) is 16.0 Å². The summed E-state index contributed by atoms with van der Waals surface area (Å²) >= 11 is 0. The lowest BCUT2D eigenvalue weighted by Gasteiger charge is -2.08. The minimum atomic E-state index is -4.35. The summed E-state index contributed by atoms with van der Waals surface area (Å²) in [5.41, 5.74) is 2.18. The van der Waals surface area contributed by atoms with E-state index in [0.717, 1.165) is 35.2 Å². The minimum Gasteiger partial charge on any atom is -0.486 e. The number of aromatic nitrogens is 2. The zero-order valence-corrected chi connectivity index (χ0v) is 14.8. The van der Waals surface area contributed by atoms with E-state index >= 15 is 0 Å². The lowest BCUT2D eigenvalue weighted by atomic mass is 10.1. The first-order valence-electron chi connectivity index (χ1n) is 8.51. The summed E-state index contributed by atoms with van der Waals surface area (Å²) in [5, 5.41) is 0. The second-order valence-electron chi connectivity index (χ2n) is 6.00. The van der Waals surface area contributed by atoms with Gasteiger partial charge < -0.3 is 9.72 Å². The third-order valence-corrected chi connectivity index (χ3v) is 3.95. The molecule has 3 aromatic rings. The SMILES string of the molecule is C/C=C\C=C/Cc1ccc2nc(COc3ccc(C(F)(F)F)cc3)[nH]c2c1. The highest BCUT2D eigenvalue weighted by Crippen LogP contribution is 2.30. The first-order valence-corrected chi connectivity index (χ1v) is 8.51. The van der Waals surface area contributed by atoms with Crippen LogP contribution in [0.25, 0.3) is 11.0 Å². The maximum atomic E-state index is 12.6. The van der Waals surface area contributed by atoms with Crippen LogP contribution in [0.5, 0.6) is 5.75 Å². The molecule has 140 valence electrons. The number of alkyl halides is 3. The smallest absolute Gasteiger partial charge is 0.416 e. The number of benzene rings is 2. The molecular formula is C21H19F3N2O. The van der Waals surface area contributed by atoms with E-state index in [1.807, 2.05) is 43.4 Å². The third kappa shape index (κ3) is 5.00. The van der Waals surface area contributed by atoms with E-state index in [4.69, 9.17) is 4.74 Å². The fourth-order valence-corrected chi connectivity index (χ4v) is 2.59. The molecule has 0 aliphatic heterocycles. The van der Waals surface area contributed by atoms with Crippen molar-refractivity contribution in [2.75, 3.05) is 0 Å². The number of allylic oxidation sites excluding steroid dienone is 4. The zero-order valence-electron chi connectivity index (χ0n) is 14.8. The second-order valence-corrected chi connectivity index (χ2v) is 6.00. The van der Waals surface area contributed by atoms with Gasteiger partial charge >= 0.3 is 6.18 Å². The Balaban J connectivity index is 1.65. The van der Waals surface area contributed by atoms with Gasteiger partial charge in [0.25, 0.3) is 0 Å². The Kier molecular flexibility index (Phi) is 5.64. The Labute approximate surface area is 155 Å². The van der Waals surface area contributed by atoms with Crippen LogP contribution in [0.4, 0.5) is 13.2 Å². The topological polar surface area (TPSA) is 37.9 Å². The summed E-state index contributed by atoms with van der Waals surface area (Å²) in [6, 6.07) is 10.6. The molecule has 0 fully saturated rings. The van der Waals surface area contributed by atoms with Gasteiger partial charge in [-0.2, -0.15) is 13.2 Å². The fraction of sp³-hybridized carbons (Fsp3) is 0.190. The molecule has 1 N–H and O–H groups in total. The molecule has 0 saturated heterocycles. The summed E-state index contributed by atoms with van der Waals surface area (Å²) in [4.78, 5) is 7.63. The van der Waals surface area contributed by atoms with Crippen LogP contribution in [0.1, 0.15) is 23.9 Å². The van der Waals surface area contributed by atoms with Crippen LogP contribution >= 0.6 is 0 Å². The van der Waals surface area contributed by atoms with Crippen LogP contribution in [-0.4, -0.2) is 9.97 Å². The Morgan fingerprint density at radius 1 is 1.07 bits per heavy atom. The highest BCUT2D eigenvalue weighted by Gasteiger charge is 2.30. The number of nitrogens with one attached hydrogen (secondary N) is 1. The van der Waals surface area contributed by atoms with Gasteiger partial charge in [0.15, 0.2) is 0 Å². The lowest BCUT2D eigenvalue weighted by molar-refractivity contribution is -0.137. The number of rotatable bonds is 6. The maximum absolute atomic E-state index is 12.6. The summed E-state index contributed by atoms with van der Waals surface area (Å²) < 4.78 is 43.3. The molecule has 0 amide bonds. The van der Waals surface area contributed by atoms with Crippen molar-refractivity contribution in [2.45, 2.75) is 26.1 Å². The van der Waals surface area contributed by atoms with Crippen LogP contribution in [0, 0.1) is 0 Å². The van der Waals surface area contributed by atoms with E-state index in [-0.39, 0.29) is 6.61 Å². The quantitative estimate of drug-likeness (QED) is 0.552. The van der Waals surface area contributed by atoms with Crippen molar-refractivity contribution in [1.29, 1.82) is 0 Å². The molecule has 6 heteroatoms. The van der Waals surface area contributed by atoms with E-state index in [0.29, 0.717) is 11.6 Å². The van der Waals surface area contributed by atoms with Crippen molar-refractivity contribution in [2.24, 2.45) is 0 Å². The zero-order chi connectivity index (χ0) is 19.3. The van der Waals surface area contributed by atoms with Crippen molar-refractivity contribution in [1.82, 2.24) is 9.97 Å². The number of hydrogen-bond donors (Lipinski definition) is 1. The predicted octanol–water partition coefficient (Wildman–Crippen LogP) is 5.84. The molecule has 27 heavy (non-hydrogen) atoms. The molecule has 0 radical (unpaired) electrons. The Hall–Kier alpha value is -3.02. The molecule has 2 aromatic carbocycles. The fourth-order valence-electron chi connectivity index (χ4n) is 2.59. The Bertz CT molecular complexity index is 954. The molecule has 3 nitrogen and oxygen atoms in total. The Morgan fingerprint density at radius 3 is 2.56 bits per heavy atom. The van der Waals surface area contributed by atoms with Crippen molar-refractivity contribution >= 4 is 11.0 Å². The number of H-pyrrole nitrogens is 1. The van der Waals surface area contributed by atoms with Crippen LogP contribution in [0.3, 0.4) is 0 Å². The average molecular weight is 372 g/mol. The number of halogens is 3. The molecule has 0 unspecified atom stereocenters. The van der Waals surface area contributed by atoms with E-state index in [9.17, 15) is 13.2 Å². The largest absolute Gasteiger partial charge is 0.486 e. The third-order valence-electron chi connectivity index (χ3n) is 3.95. The lowest BCUT2D eigenvalue weighted by Crippen LogP contribution is -2.04. The summed E-state index contributed by atoms with van der Waals surface area (Å²) in [6.45, 7) is 2.12. The number of hydrogen-bond acceptors (Lipinski definition) is 2. The number of aromatic amines is 1. The van der Waals surface area contributed by atoms with Gasteiger partial charge in [-0.1, -0.05) is 30.4 Å². The second kappa shape index (κ2) is 8.12. The van der Waals surface area contributed by atoms with Gasteiger partial charge in [0.05, 0.1) is 16.6 Å². The van der Waals surface area contributed by atoms with Crippen molar-refractivity contribution in [3.63, 3.8) is 0 Å². The van der Waals surface area contributed by atoms with E-state index in [1.54, 1.807) is 0 Å². The molecule has 3 rings (SSSR count). The van der Waals surface area contributed by atoms with Gasteiger partial charge in [-0.25, -0.2) is 4.98 Å². The van der Waals surface area contributed by atoms with Gasteiger partial charge in [-0.05, 0) is 55.3 Å². The predicted molar refractivity (Wildman–Crippen MR) is 99.5 cm³/mol. The molecular weight excluding hydrogens is 353 g/mol. The highest BCUT2D eigenvalue weighted by atomic mass is 19.4.